The van der Waals surface area contributed by atoms with Gasteiger partial charge in [0.25, 0.3) is 0 Å². The molecule has 8 heteroatoms. The second-order valence-electron chi connectivity index (χ2n) is 6.73. The molecule has 0 aromatic heterocycles. The predicted octanol–water partition coefficient (Wildman–Crippen LogP) is 2.57. The lowest BCUT2D eigenvalue weighted by molar-refractivity contribution is 0.0526. The molecule has 3 rings (SSSR count). The number of carbonyl (C=O) groups is 2. The molecule has 7 nitrogen and oxygen atoms in total. The van der Waals surface area contributed by atoms with Crippen LogP contribution < -0.4 is 0 Å². The SMILES string of the molecule is CCOC(=O)c1ccc(S(=O)(=O)N2CCN(C=CC(=O)c3ccccc3)CC2)cc1. The molecule has 1 aliphatic heterocycles. The number of nitrogens with zero attached hydrogens (tertiary/aromatic N) is 2. The monoisotopic (exact) mass is 428 g/mol. The normalized spacial score (nSPS) is 15.3. The highest BCUT2D eigenvalue weighted by atomic mass is 32.2. The summed E-state index contributed by atoms with van der Waals surface area (Å²) in [5, 5.41) is 0. The molecular weight excluding hydrogens is 404 g/mol. The Kier molecular flexibility index (Phi) is 7.02. The van der Waals surface area contributed by atoms with Gasteiger partial charge in [0.2, 0.25) is 10.0 Å². The first-order valence-corrected chi connectivity index (χ1v) is 11.1. The van der Waals surface area contributed by atoms with Crippen LogP contribution in [0.3, 0.4) is 0 Å². The van der Waals surface area contributed by atoms with Crippen LogP contribution in [0, 0.1) is 0 Å². The van der Waals surface area contributed by atoms with Gasteiger partial charge in [-0.1, -0.05) is 30.3 Å². The lowest BCUT2D eigenvalue weighted by Crippen LogP contribution is -2.46. The molecule has 0 bridgehead atoms. The smallest absolute Gasteiger partial charge is 0.338 e. The molecule has 1 heterocycles. The maximum atomic E-state index is 12.9. The van der Waals surface area contributed by atoms with Gasteiger partial charge in [-0.2, -0.15) is 4.31 Å². The molecule has 0 amide bonds. The largest absolute Gasteiger partial charge is 0.462 e. The second-order valence-corrected chi connectivity index (χ2v) is 8.67. The standard InChI is InChI=1S/C22H24N2O5S/c1-2-29-22(26)19-8-10-20(11-9-19)30(27,28)24-16-14-23(15-17-24)13-12-21(25)18-6-4-3-5-7-18/h3-13H,2,14-17H2,1H3. The number of allylic oxidation sites excluding steroid dienone is 1. The lowest BCUT2D eigenvalue weighted by Gasteiger charge is -2.33. The second kappa shape index (κ2) is 9.69. The fraction of sp³-hybridized carbons (Fsp3) is 0.273. The van der Waals surface area contributed by atoms with Crippen molar-refractivity contribution in [1.29, 1.82) is 0 Å². The average molecular weight is 429 g/mol. The van der Waals surface area contributed by atoms with Gasteiger partial charge in [-0.15, -0.1) is 0 Å². The maximum Gasteiger partial charge on any atom is 0.338 e. The Bertz CT molecular complexity index is 1010. The maximum absolute atomic E-state index is 12.9. The van der Waals surface area contributed by atoms with Crippen LogP contribution in [0.25, 0.3) is 0 Å². The highest BCUT2D eigenvalue weighted by molar-refractivity contribution is 7.89. The summed E-state index contributed by atoms with van der Waals surface area (Å²) in [7, 11) is -3.65. The van der Waals surface area contributed by atoms with Gasteiger partial charge in [0.1, 0.15) is 0 Å². The molecule has 0 unspecified atom stereocenters. The number of carbonyl (C=O) groups excluding carboxylic acids is 2. The predicted molar refractivity (Wildman–Crippen MR) is 113 cm³/mol. The van der Waals surface area contributed by atoms with E-state index in [1.54, 1.807) is 25.3 Å². The number of hydrogen-bond acceptors (Lipinski definition) is 6. The van der Waals surface area contributed by atoms with Crippen molar-refractivity contribution in [2.75, 3.05) is 32.8 Å². The molecule has 2 aromatic rings. The van der Waals surface area contributed by atoms with E-state index in [1.807, 2.05) is 23.1 Å². The number of benzene rings is 2. The number of ether oxygens (including phenoxy) is 1. The molecule has 158 valence electrons. The quantitative estimate of drug-likeness (QED) is 0.383. The molecule has 0 saturated carbocycles. The molecule has 30 heavy (non-hydrogen) atoms. The van der Waals surface area contributed by atoms with Crippen molar-refractivity contribution < 1.29 is 22.7 Å². The number of ketones is 1. The summed E-state index contributed by atoms with van der Waals surface area (Å²) in [6, 6.07) is 14.7. The summed E-state index contributed by atoms with van der Waals surface area (Å²) in [5.74, 6) is -0.570. The van der Waals surface area contributed by atoms with Gasteiger partial charge in [0.15, 0.2) is 5.78 Å². The van der Waals surface area contributed by atoms with Crippen LogP contribution in [-0.2, 0) is 14.8 Å². The summed E-state index contributed by atoms with van der Waals surface area (Å²) in [6.07, 6.45) is 3.22. The molecule has 0 atom stereocenters. The highest BCUT2D eigenvalue weighted by Gasteiger charge is 2.28. The topological polar surface area (TPSA) is 84.0 Å². The number of rotatable bonds is 7. The molecule has 0 spiro atoms. The Labute approximate surface area is 176 Å². The third kappa shape index (κ3) is 5.14. The van der Waals surface area contributed by atoms with Crippen LogP contribution in [0.4, 0.5) is 0 Å². The number of esters is 1. The average Bonchev–Trinajstić information content (AvgIpc) is 2.78. The first kappa shape index (κ1) is 21.7. The number of piperazine rings is 1. The third-order valence-corrected chi connectivity index (χ3v) is 6.68. The zero-order valence-electron chi connectivity index (χ0n) is 16.7. The van der Waals surface area contributed by atoms with E-state index in [9.17, 15) is 18.0 Å². The molecule has 1 fully saturated rings. The zero-order valence-corrected chi connectivity index (χ0v) is 17.5. The Morgan fingerprint density at radius 1 is 0.933 bits per heavy atom. The van der Waals surface area contributed by atoms with E-state index in [-0.39, 0.29) is 17.3 Å². The van der Waals surface area contributed by atoms with E-state index in [0.717, 1.165) is 0 Å². The van der Waals surface area contributed by atoms with Crippen LogP contribution >= 0.6 is 0 Å². The van der Waals surface area contributed by atoms with Crippen LogP contribution in [-0.4, -0.2) is 62.2 Å². The molecule has 1 saturated heterocycles. The minimum atomic E-state index is -3.65. The highest BCUT2D eigenvalue weighted by Crippen LogP contribution is 2.19. The van der Waals surface area contributed by atoms with Crippen molar-refractivity contribution in [3.05, 3.63) is 78.0 Å². The van der Waals surface area contributed by atoms with Gasteiger partial charge in [-0.3, -0.25) is 4.79 Å². The fourth-order valence-electron chi connectivity index (χ4n) is 3.09. The first-order valence-electron chi connectivity index (χ1n) is 9.71. The van der Waals surface area contributed by atoms with E-state index in [4.69, 9.17) is 4.74 Å². The van der Waals surface area contributed by atoms with Crippen molar-refractivity contribution in [2.45, 2.75) is 11.8 Å². The molecule has 0 radical (unpaired) electrons. The van der Waals surface area contributed by atoms with Crippen LogP contribution in [0.2, 0.25) is 0 Å². The Morgan fingerprint density at radius 3 is 2.17 bits per heavy atom. The van der Waals surface area contributed by atoms with E-state index in [2.05, 4.69) is 0 Å². The minimum Gasteiger partial charge on any atom is -0.462 e. The van der Waals surface area contributed by atoms with E-state index < -0.39 is 16.0 Å². The van der Waals surface area contributed by atoms with Crippen molar-refractivity contribution in [1.82, 2.24) is 9.21 Å². The number of sulfonamides is 1. The van der Waals surface area contributed by atoms with Crippen molar-refractivity contribution >= 4 is 21.8 Å². The van der Waals surface area contributed by atoms with E-state index in [1.165, 1.54) is 34.6 Å². The van der Waals surface area contributed by atoms with Gasteiger partial charge < -0.3 is 9.64 Å². The molecule has 0 N–H and O–H groups in total. The van der Waals surface area contributed by atoms with Gasteiger partial charge in [0.05, 0.1) is 17.1 Å². The summed E-state index contributed by atoms with van der Waals surface area (Å²) < 4.78 is 32.1. The van der Waals surface area contributed by atoms with Crippen molar-refractivity contribution in [3.8, 4) is 0 Å². The first-order chi connectivity index (χ1) is 14.4. The van der Waals surface area contributed by atoms with Gasteiger partial charge in [0, 0.05) is 44.0 Å². The van der Waals surface area contributed by atoms with E-state index in [0.29, 0.717) is 37.3 Å². The van der Waals surface area contributed by atoms with Crippen LogP contribution in [0.15, 0.2) is 71.8 Å². The van der Waals surface area contributed by atoms with Gasteiger partial charge >= 0.3 is 5.97 Å². The molecular formula is C22H24N2O5S. The van der Waals surface area contributed by atoms with Gasteiger partial charge in [-0.25, -0.2) is 13.2 Å². The Balaban J connectivity index is 1.59. The Hall–Kier alpha value is -2.97. The summed E-state index contributed by atoms with van der Waals surface area (Å²) in [4.78, 5) is 26.0. The minimum absolute atomic E-state index is 0.0904. The van der Waals surface area contributed by atoms with Crippen LogP contribution in [0.1, 0.15) is 27.6 Å². The summed E-state index contributed by atoms with van der Waals surface area (Å²) in [5.41, 5.74) is 0.926. The van der Waals surface area contributed by atoms with Crippen LogP contribution in [0.5, 0.6) is 0 Å². The third-order valence-electron chi connectivity index (χ3n) is 4.77. The molecule has 1 aliphatic rings. The Morgan fingerprint density at radius 2 is 1.57 bits per heavy atom. The summed E-state index contributed by atoms with van der Waals surface area (Å²) in [6.45, 7) is 3.56. The summed E-state index contributed by atoms with van der Waals surface area (Å²) >= 11 is 0. The molecule has 2 aromatic carbocycles. The van der Waals surface area contributed by atoms with Gasteiger partial charge in [-0.05, 0) is 31.2 Å². The van der Waals surface area contributed by atoms with Crippen molar-refractivity contribution in [3.63, 3.8) is 0 Å². The lowest BCUT2D eigenvalue weighted by atomic mass is 10.1. The zero-order chi connectivity index (χ0) is 21.6. The number of hydrogen-bond donors (Lipinski definition) is 0. The van der Waals surface area contributed by atoms with Crippen molar-refractivity contribution in [2.24, 2.45) is 0 Å². The fourth-order valence-corrected chi connectivity index (χ4v) is 4.51. The van der Waals surface area contributed by atoms with E-state index >= 15 is 0 Å². The molecule has 0 aliphatic carbocycles.